The van der Waals surface area contributed by atoms with Crippen LogP contribution in [0.15, 0.2) is 121 Å². The number of rotatable bonds is 19. The molecule has 0 radical (unpaired) electrons. The van der Waals surface area contributed by atoms with Gasteiger partial charge in [0.15, 0.2) is 5.78 Å². The molecule has 0 heterocycles. The van der Waals surface area contributed by atoms with Crippen LogP contribution in [-0.4, -0.2) is 51.0 Å². The van der Waals surface area contributed by atoms with E-state index in [1.165, 1.54) is 55.6 Å². The first kappa shape index (κ1) is 58.2. The van der Waals surface area contributed by atoms with Gasteiger partial charge in [0.25, 0.3) is 0 Å². The van der Waals surface area contributed by atoms with Crippen molar-refractivity contribution >= 4 is 11.8 Å². The third kappa shape index (κ3) is 13.6. The van der Waals surface area contributed by atoms with Gasteiger partial charge in [-0.15, -0.1) is 0 Å². The molecule has 0 aliphatic carbocycles. The average molecular weight is 987 g/mol. The van der Waals surface area contributed by atoms with Gasteiger partial charge in [0, 0.05) is 16.4 Å². The smallest absolute Gasteiger partial charge is 0.335 e. The minimum atomic E-state index is -0.906. The first-order valence-electron chi connectivity index (χ1n) is 26.8. The molecule has 6 aromatic rings. The zero-order valence-corrected chi connectivity index (χ0v) is 46.7. The molecule has 0 saturated carbocycles. The van der Waals surface area contributed by atoms with Crippen molar-refractivity contribution in [3.63, 3.8) is 0 Å². The number of hydrogen-bond acceptors (Lipinski definition) is 5. The van der Waals surface area contributed by atoms with Crippen LogP contribution in [0.3, 0.4) is 0 Å². The van der Waals surface area contributed by atoms with Crippen LogP contribution >= 0.6 is 0 Å². The van der Waals surface area contributed by atoms with Crippen LogP contribution < -0.4 is 0 Å². The van der Waals surface area contributed by atoms with Gasteiger partial charge in [-0.25, -0.2) is 4.79 Å². The average Bonchev–Trinajstić information content (AvgIpc) is 3.36. The molecule has 6 aromatic carbocycles. The van der Waals surface area contributed by atoms with E-state index < -0.39 is 12.6 Å². The number of Topliss-reactive ketones (excluding diaryl/α,β-unsaturated/α-hetero) is 1. The number of carbonyl (C=O) groups is 2. The summed E-state index contributed by atoms with van der Waals surface area (Å²) in [7, 11) is 0. The lowest BCUT2D eigenvalue weighted by Gasteiger charge is -2.34. The molecule has 0 saturated heterocycles. The number of benzene rings is 6. The lowest BCUT2D eigenvalue weighted by Crippen LogP contribution is -2.27. The minimum Gasteiger partial charge on any atom is -0.478 e. The van der Waals surface area contributed by atoms with E-state index in [0.717, 1.165) is 73.6 Å². The van der Waals surface area contributed by atoms with Crippen molar-refractivity contribution < 1.29 is 30.0 Å². The standard InChI is InChI=1S/C34H44O3.C33H42O3/c1-8-34(9-2,28-16-14-25(23(3)20-28)15-19-32(37)33(5,6)7)29-17-18-30(24(4)21-29)26-10-12-27(13-11-26)31(36)22-35;1-8-33(9-2,27-16-14-24(22(3)20-27)15-19-30(34)32(5,6)7)28-17-18-29(23(4)21-28)25-10-12-26(13-11-25)31(35)36/h10-14,16-18,20-21,32,35,37H,8-9,15,19,22H2,1-7H3;10-14,16-18,20-21,30,34H,8-9,15,19H2,1-7H3,(H,35,36). The van der Waals surface area contributed by atoms with Crippen LogP contribution in [-0.2, 0) is 23.7 Å². The fourth-order valence-corrected chi connectivity index (χ4v) is 10.8. The monoisotopic (exact) mass is 987 g/mol. The van der Waals surface area contributed by atoms with Crippen LogP contribution in [0.25, 0.3) is 22.3 Å². The number of aromatic carboxylic acids is 1. The van der Waals surface area contributed by atoms with E-state index in [0.29, 0.717) is 11.1 Å². The minimum absolute atomic E-state index is 0.0745. The Morgan fingerprint density at radius 3 is 1.04 bits per heavy atom. The summed E-state index contributed by atoms with van der Waals surface area (Å²) >= 11 is 0. The topological polar surface area (TPSA) is 115 Å². The first-order chi connectivity index (χ1) is 34.4. The SMILES string of the molecule is CCC(CC)(c1ccc(CCC(O)C(C)(C)C)c(C)c1)c1ccc(-c2ccc(C(=O)CO)cc2)c(C)c1.CCC(CC)(c1ccc(CCC(O)C(C)(C)C)c(C)c1)c1ccc(-c2ccc(C(=O)O)cc2)c(C)c1. The van der Waals surface area contributed by atoms with E-state index in [1.54, 1.807) is 24.3 Å². The van der Waals surface area contributed by atoms with Crippen LogP contribution in [0.1, 0.15) is 184 Å². The van der Waals surface area contributed by atoms with Crippen molar-refractivity contribution in [2.75, 3.05) is 6.61 Å². The normalized spacial score (nSPS) is 13.0. The molecule has 2 unspecified atom stereocenters. The summed E-state index contributed by atoms with van der Waals surface area (Å²) in [4.78, 5) is 23.0. The third-order valence-electron chi connectivity index (χ3n) is 16.2. The quantitative estimate of drug-likeness (QED) is 0.0601. The second-order valence-electron chi connectivity index (χ2n) is 22.8. The summed E-state index contributed by atoms with van der Waals surface area (Å²) in [6, 6.07) is 41.9. The summed E-state index contributed by atoms with van der Waals surface area (Å²) in [6.45, 7) is 29.8. The molecule has 2 atom stereocenters. The summed E-state index contributed by atoms with van der Waals surface area (Å²) in [5.74, 6) is -1.17. The molecule has 6 nitrogen and oxygen atoms in total. The fourth-order valence-electron chi connectivity index (χ4n) is 10.8. The number of carboxylic acid groups (broad SMARTS) is 1. The molecule has 0 bridgehead atoms. The molecule has 0 amide bonds. The number of aliphatic hydroxyl groups excluding tert-OH is 3. The zero-order valence-electron chi connectivity index (χ0n) is 46.7. The van der Waals surface area contributed by atoms with Gasteiger partial charge in [-0.1, -0.05) is 178 Å². The van der Waals surface area contributed by atoms with Gasteiger partial charge in [0.2, 0.25) is 0 Å². The molecule has 4 N–H and O–H groups in total. The van der Waals surface area contributed by atoms with E-state index >= 15 is 0 Å². The molecule has 0 aliphatic heterocycles. The number of hydrogen-bond donors (Lipinski definition) is 4. The van der Waals surface area contributed by atoms with Crippen LogP contribution in [0.2, 0.25) is 0 Å². The molecular formula is C67H86O6. The van der Waals surface area contributed by atoms with Gasteiger partial charge < -0.3 is 20.4 Å². The van der Waals surface area contributed by atoms with E-state index in [4.69, 9.17) is 5.11 Å². The van der Waals surface area contributed by atoms with Crippen molar-refractivity contribution in [2.45, 2.75) is 171 Å². The van der Waals surface area contributed by atoms with E-state index in [2.05, 4.69) is 170 Å². The Morgan fingerprint density at radius 2 is 0.767 bits per heavy atom. The molecule has 0 spiro atoms. The Balaban J connectivity index is 0.000000271. The van der Waals surface area contributed by atoms with Gasteiger partial charge in [-0.2, -0.15) is 0 Å². The Bertz CT molecular complexity index is 2790. The molecule has 0 fully saturated rings. The van der Waals surface area contributed by atoms with Gasteiger partial charge >= 0.3 is 5.97 Å². The summed E-state index contributed by atoms with van der Waals surface area (Å²) in [5, 5.41) is 39.3. The molecule has 390 valence electrons. The Hall–Kier alpha value is -5.66. The summed E-state index contributed by atoms with van der Waals surface area (Å²) < 4.78 is 0. The van der Waals surface area contributed by atoms with Crippen molar-refractivity contribution in [3.8, 4) is 22.3 Å². The van der Waals surface area contributed by atoms with E-state index in [1.807, 2.05) is 24.3 Å². The van der Waals surface area contributed by atoms with Crippen LogP contribution in [0.5, 0.6) is 0 Å². The molecular weight excluding hydrogens is 901 g/mol. The third-order valence-corrected chi connectivity index (χ3v) is 16.2. The van der Waals surface area contributed by atoms with Gasteiger partial charge in [-0.05, 0) is 180 Å². The zero-order chi connectivity index (χ0) is 54.1. The lowest BCUT2D eigenvalue weighted by atomic mass is 9.69. The van der Waals surface area contributed by atoms with Gasteiger partial charge in [0.1, 0.15) is 6.61 Å². The predicted molar refractivity (Wildman–Crippen MR) is 304 cm³/mol. The molecule has 73 heavy (non-hydrogen) atoms. The number of aryl methyl sites for hydroxylation is 6. The van der Waals surface area contributed by atoms with E-state index in [9.17, 15) is 24.9 Å². The number of carbonyl (C=O) groups excluding carboxylic acids is 1. The van der Waals surface area contributed by atoms with Crippen molar-refractivity contribution in [2.24, 2.45) is 10.8 Å². The van der Waals surface area contributed by atoms with Gasteiger partial charge in [-0.3, -0.25) is 4.79 Å². The van der Waals surface area contributed by atoms with Crippen molar-refractivity contribution in [1.82, 2.24) is 0 Å². The highest BCUT2D eigenvalue weighted by atomic mass is 16.4. The summed E-state index contributed by atoms with van der Waals surface area (Å²) in [6.07, 6.45) is 6.67. The second kappa shape index (κ2) is 24.6. The van der Waals surface area contributed by atoms with Crippen LogP contribution in [0, 0.1) is 38.5 Å². The Kier molecular flexibility index (Phi) is 19.6. The molecule has 0 aliphatic rings. The summed E-state index contributed by atoms with van der Waals surface area (Å²) in [5.41, 5.74) is 17.7. The predicted octanol–water partition coefficient (Wildman–Crippen LogP) is 15.7. The maximum atomic E-state index is 11.8. The largest absolute Gasteiger partial charge is 0.478 e. The van der Waals surface area contributed by atoms with Crippen molar-refractivity contribution in [1.29, 1.82) is 0 Å². The number of ketones is 1. The highest BCUT2D eigenvalue weighted by Crippen LogP contribution is 2.43. The Labute approximate surface area is 439 Å². The van der Waals surface area contributed by atoms with Crippen LogP contribution in [0.4, 0.5) is 0 Å². The lowest BCUT2D eigenvalue weighted by molar-refractivity contribution is 0.0559. The highest BCUT2D eigenvalue weighted by Gasteiger charge is 2.33. The van der Waals surface area contributed by atoms with E-state index in [-0.39, 0.29) is 39.7 Å². The second-order valence-corrected chi connectivity index (χ2v) is 22.8. The molecule has 6 rings (SSSR count). The Morgan fingerprint density at radius 1 is 0.452 bits per heavy atom. The number of carboxylic acids is 1. The highest BCUT2D eigenvalue weighted by molar-refractivity contribution is 5.97. The number of aliphatic hydroxyl groups is 3. The molecule has 6 heteroatoms. The fraction of sp³-hybridized carbons (Fsp3) is 0.433. The van der Waals surface area contributed by atoms with Gasteiger partial charge in [0.05, 0.1) is 17.8 Å². The molecule has 0 aromatic heterocycles. The maximum Gasteiger partial charge on any atom is 0.335 e. The van der Waals surface area contributed by atoms with Crippen molar-refractivity contribution in [3.05, 3.63) is 188 Å². The first-order valence-corrected chi connectivity index (χ1v) is 26.8. The maximum absolute atomic E-state index is 11.8.